The number of ether oxygens (including phenoxy) is 2. The van der Waals surface area contributed by atoms with Gasteiger partial charge in [0.15, 0.2) is 0 Å². The monoisotopic (exact) mass is 383 g/mol. The molecular formula is C17H22BrNO4. The molecule has 23 heavy (non-hydrogen) atoms. The molecule has 1 aliphatic rings. The Hall–Kier alpha value is -1.40. The van der Waals surface area contributed by atoms with Gasteiger partial charge in [-0.15, -0.1) is 0 Å². The third kappa shape index (κ3) is 5.62. The number of benzene rings is 1. The Morgan fingerprint density at radius 1 is 1.43 bits per heavy atom. The van der Waals surface area contributed by atoms with E-state index in [-0.39, 0.29) is 24.4 Å². The maximum atomic E-state index is 12.8. The van der Waals surface area contributed by atoms with Crippen LogP contribution >= 0.6 is 15.9 Å². The van der Waals surface area contributed by atoms with Crippen LogP contribution in [0.25, 0.3) is 0 Å². The van der Waals surface area contributed by atoms with Gasteiger partial charge in [0.2, 0.25) is 0 Å². The van der Waals surface area contributed by atoms with Crippen LogP contribution in [0.1, 0.15) is 36.5 Å². The third-order valence-electron chi connectivity index (χ3n) is 3.70. The van der Waals surface area contributed by atoms with E-state index in [1.807, 2.05) is 12.1 Å². The summed E-state index contributed by atoms with van der Waals surface area (Å²) in [5, 5.41) is 0. The number of halogens is 1. The van der Waals surface area contributed by atoms with Crippen molar-refractivity contribution in [2.24, 2.45) is 0 Å². The quantitative estimate of drug-likeness (QED) is 0.679. The van der Waals surface area contributed by atoms with Gasteiger partial charge < -0.3 is 14.4 Å². The molecule has 0 N–H and O–H groups in total. The number of rotatable bonds is 7. The predicted octanol–water partition coefficient (Wildman–Crippen LogP) is 3.02. The van der Waals surface area contributed by atoms with Gasteiger partial charge in [0.25, 0.3) is 5.91 Å². The first-order valence-electron chi connectivity index (χ1n) is 7.92. The van der Waals surface area contributed by atoms with E-state index in [1.165, 1.54) is 0 Å². The number of hydrogen-bond donors (Lipinski definition) is 0. The molecule has 6 heteroatoms. The Balaban J connectivity index is 2.04. The Bertz CT molecular complexity index is 543. The van der Waals surface area contributed by atoms with E-state index in [0.29, 0.717) is 25.3 Å². The highest BCUT2D eigenvalue weighted by atomic mass is 79.9. The second-order valence-electron chi connectivity index (χ2n) is 5.45. The zero-order chi connectivity index (χ0) is 16.7. The second-order valence-corrected chi connectivity index (χ2v) is 6.37. The molecule has 0 saturated carbocycles. The van der Waals surface area contributed by atoms with Crippen molar-refractivity contribution < 1.29 is 19.1 Å². The average molecular weight is 384 g/mol. The van der Waals surface area contributed by atoms with Crippen LogP contribution in [0.15, 0.2) is 28.7 Å². The Morgan fingerprint density at radius 2 is 2.26 bits per heavy atom. The molecule has 1 fully saturated rings. The fourth-order valence-corrected chi connectivity index (χ4v) is 2.97. The van der Waals surface area contributed by atoms with Gasteiger partial charge in [0.1, 0.15) is 0 Å². The van der Waals surface area contributed by atoms with Gasteiger partial charge in [0, 0.05) is 29.7 Å². The molecule has 5 nitrogen and oxygen atoms in total. The SMILES string of the molecule is CCOC(=O)CCN(CC1CCCO1)C(=O)c1cccc(Br)c1. The lowest BCUT2D eigenvalue weighted by Gasteiger charge is -2.25. The topological polar surface area (TPSA) is 55.8 Å². The first-order valence-corrected chi connectivity index (χ1v) is 8.71. The summed E-state index contributed by atoms with van der Waals surface area (Å²) >= 11 is 3.38. The average Bonchev–Trinajstić information content (AvgIpc) is 3.04. The molecule has 2 rings (SSSR count). The molecule has 1 aromatic carbocycles. The highest BCUT2D eigenvalue weighted by Gasteiger charge is 2.24. The molecular weight excluding hydrogens is 362 g/mol. The molecule has 1 aliphatic heterocycles. The fourth-order valence-electron chi connectivity index (χ4n) is 2.57. The van der Waals surface area contributed by atoms with E-state index in [4.69, 9.17) is 9.47 Å². The summed E-state index contributed by atoms with van der Waals surface area (Å²) in [7, 11) is 0. The van der Waals surface area contributed by atoms with Crippen LogP contribution in [0.3, 0.4) is 0 Å². The van der Waals surface area contributed by atoms with E-state index >= 15 is 0 Å². The van der Waals surface area contributed by atoms with Crippen molar-refractivity contribution in [2.45, 2.75) is 32.3 Å². The largest absolute Gasteiger partial charge is 0.466 e. The number of esters is 1. The van der Waals surface area contributed by atoms with Crippen molar-refractivity contribution in [2.75, 3.05) is 26.3 Å². The summed E-state index contributed by atoms with van der Waals surface area (Å²) in [5.41, 5.74) is 0.598. The Morgan fingerprint density at radius 3 is 2.91 bits per heavy atom. The van der Waals surface area contributed by atoms with Crippen LogP contribution in [0.2, 0.25) is 0 Å². The number of amides is 1. The summed E-state index contributed by atoms with van der Waals surface area (Å²) in [6, 6.07) is 7.27. The molecule has 126 valence electrons. The minimum Gasteiger partial charge on any atom is -0.466 e. The van der Waals surface area contributed by atoms with Gasteiger partial charge in [-0.1, -0.05) is 22.0 Å². The second kappa shape index (κ2) is 9.03. The summed E-state index contributed by atoms with van der Waals surface area (Å²) in [6.45, 7) is 3.70. The van der Waals surface area contributed by atoms with Crippen LogP contribution in [0.4, 0.5) is 0 Å². The lowest BCUT2D eigenvalue weighted by molar-refractivity contribution is -0.143. The van der Waals surface area contributed by atoms with Crippen LogP contribution in [0, 0.1) is 0 Å². The number of hydrogen-bond acceptors (Lipinski definition) is 4. The van der Waals surface area contributed by atoms with Crippen LogP contribution in [-0.2, 0) is 14.3 Å². The smallest absolute Gasteiger partial charge is 0.307 e. The minimum absolute atomic E-state index is 0.0494. The fraction of sp³-hybridized carbons (Fsp3) is 0.529. The van der Waals surface area contributed by atoms with E-state index in [9.17, 15) is 9.59 Å². The highest BCUT2D eigenvalue weighted by Crippen LogP contribution is 2.17. The molecule has 0 aliphatic carbocycles. The van der Waals surface area contributed by atoms with Crippen molar-refractivity contribution in [3.63, 3.8) is 0 Å². The first kappa shape index (κ1) is 17.9. The molecule has 1 amide bonds. The minimum atomic E-state index is -0.285. The summed E-state index contributed by atoms with van der Waals surface area (Å²) in [6.07, 6.45) is 2.21. The molecule has 1 heterocycles. The van der Waals surface area contributed by atoms with E-state index in [1.54, 1.807) is 24.0 Å². The maximum Gasteiger partial charge on any atom is 0.307 e. The molecule has 0 aromatic heterocycles. The van der Waals surface area contributed by atoms with Gasteiger partial charge in [0.05, 0.1) is 19.1 Å². The van der Waals surface area contributed by atoms with Gasteiger partial charge in [-0.25, -0.2) is 0 Å². The van der Waals surface area contributed by atoms with E-state index in [0.717, 1.165) is 23.9 Å². The number of carbonyl (C=O) groups is 2. The van der Waals surface area contributed by atoms with Gasteiger partial charge in [-0.3, -0.25) is 9.59 Å². The summed E-state index contributed by atoms with van der Waals surface area (Å²) in [5.74, 6) is -0.377. The summed E-state index contributed by atoms with van der Waals surface area (Å²) < 4.78 is 11.4. The standard InChI is InChI=1S/C17H22BrNO4/c1-2-22-16(20)8-9-19(12-15-7-4-10-23-15)17(21)13-5-3-6-14(18)11-13/h3,5-6,11,15H,2,4,7-10,12H2,1H3. The number of carbonyl (C=O) groups excluding carboxylic acids is 2. The summed E-state index contributed by atoms with van der Waals surface area (Å²) in [4.78, 5) is 26.0. The van der Waals surface area contributed by atoms with Crippen molar-refractivity contribution >= 4 is 27.8 Å². The van der Waals surface area contributed by atoms with Crippen molar-refractivity contribution in [3.05, 3.63) is 34.3 Å². The van der Waals surface area contributed by atoms with Gasteiger partial charge in [-0.05, 0) is 38.0 Å². The lowest BCUT2D eigenvalue weighted by atomic mass is 10.1. The molecule has 0 spiro atoms. The molecule has 1 unspecified atom stereocenters. The molecule has 0 bridgehead atoms. The van der Waals surface area contributed by atoms with Crippen molar-refractivity contribution in [1.82, 2.24) is 4.90 Å². The maximum absolute atomic E-state index is 12.8. The Labute approximate surface area is 145 Å². The van der Waals surface area contributed by atoms with Crippen LogP contribution in [-0.4, -0.2) is 49.2 Å². The van der Waals surface area contributed by atoms with Gasteiger partial charge >= 0.3 is 5.97 Å². The van der Waals surface area contributed by atoms with E-state index in [2.05, 4.69) is 15.9 Å². The zero-order valence-corrected chi connectivity index (χ0v) is 14.9. The lowest BCUT2D eigenvalue weighted by Crippen LogP contribution is -2.39. The predicted molar refractivity (Wildman–Crippen MR) is 90.3 cm³/mol. The van der Waals surface area contributed by atoms with E-state index < -0.39 is 0 Å². The number of nitrogens with zero attached hydrogens (tertiary/aromatic N) is 1. The molecule has 0 radical (unpaired) electrons. The first-order chi connectivity index (χ1) is 11.1. The van der Waals surface area contributed by atoms with Gasteiger partial charge in [-0.2, -0.15) is 0 Å². The van der Waals surface area contributed by atoms with Crippen LogP contribution < -0.4 is 0 Å². The van der Waals surface area contributed by atoms with Crippen LogP contribution in [0.5, 0.6) is 0 Å². The van der Waals surface area contributed by atoms with Crippen molar-refractivity contribution in [3.8, 4) is 0 Å². The van der Waals surface area contributed by atoms with Crippen molar-refractivity contribution in [1.29, 1.82) is 0 Å². The molecule has 1 atom stereocenters. The molecule has 1 saturated heterocycles. The Kier molecular flexibility index (Phi) is 7.05. The highest BCUT2D eigenvalue weighted by molar-refractivity contribution is 9.10. The third-order valence-corrected chi connectivity index (χ3v) is 4.19. The zero-order valence-electron chi connectivity index (χ0n) is 13.3. The normalized spacial score (nSPS) is 17.0. The molecule has 1 aromatic rings.